The number of benzene rings is 2. The zero-order valence-corrected chi connectivity index (χ0v) is 20.6. The monoisotopic (exact) mass is 480 g/mol. The summed E-state index contributed by atoms with van der Waals surface area (Å²) in [4.78, 5) is 25.2. The third-order valence-electron chi connectivity index (χ3n) is 5.65. The van der Waals surface area contributed by atoms with Crippen molar-refractivity contribution >= 4 is 34.4 Å². The fraction of sp³-hybridized carbons (Fsp3) is 0.333. The number of anilines is 1. The maximum atomic E-state index is 12.7. The summed E-state index contributed by atoms with van der Waals surface area (Å²) >= 11 is 1.34. The zero-order chi connectivity index (χ0) is 24.2. The van der Waals surface area contributed by atoms with E-state index in [1.807, 2.05) is 67.8 Å². The van der Waals surface area contributed by atoms with Gasteiger partial charge in [-0.1, -0.05) is 11.8 Å². The largest absolute Gasteiger partial charge is 0.497 e. The molecule has 34 heavy (non-hydrogen) atoms. The second-order valence-electron chi connectivity index (χ2n) is 7.59. The molecule has 4 rings (SSSR count). The average molecular weight is 481 g/mol. The molecule has 178 valence electrons. The van der Waals surface area contributed by atoms with Gasteiger partial charge in [0.15, 0.2) is 11.0 Å². The molecule has 0 fully saturated rings. The van der Waals surface area contributed by atoms with Gasteiger partial charge in [-0.05, 0) is 63.2 Å². The van der Waals surface area contributed by atoms with E-state index >= 15 is 0 Å². The van der Waals surface area contributed by atoms with Crippen molar-refractivity contribution in [1.29, 1.82) is 0 Å². The summed E-state index contributed by atoms with van der Waals surface area (Å²) in [6.07, 6.45) is 0. The fourth-order valence-electron chi connectivity index (χ4n) is 3.97. The number of aromatic nitrogens is 5. The number of imidazole rings is 1. The number of methoxy groups -OCH3 is 1. The summed E-state index contributed by atoms with van der Waals surface area (Å²) in [6.45, 7) is 7.75. The summed E-state index contributed by atoms with van der Waals surface area (Å²) in [5, 5.41) is 12.2. The molecule has 0 saturated carbocycles. The number of nitrogens with one attached hydrogen (secondary N) is 1. The number of nitrogens with zero attached hydrogens (tertiary/aromatic N) is 5. The zero-order valence-electron chi connectivity index (χ0n) is 19.7. The van der Waals surface area contributed by atoms with E-state index in [1.165, 1.54) is 11.8 Å². The van der Waals surface area contributed by atoms with Crippen LogP contribution in [0.4, 0.5) is 5.69 Å². The summed E-state index contributed by atoms with van der Waals surface area (Å²) < 4.78 is 10.7. The lowest BCUT2D eigenvalue weighted by atomic mass is 10.2. The Kier molecular flexibility index (Phi) is 7.06. The van der Waals surface area contributed by atoms with Gasteiger partial charge in [0.1, 0.15) is 5.75 Å². The number of ether oxygens (including phenoxy) is 1. The molecule has 0 aliphatic heterocycles. The van der Waals surface area contributed by atoms with E-state index in [2.05, 4.69) is 15.5 Å². The normalized spacial score (nSPS) is 11.2. The molecule has 10 heteroatoms. The van der Waals surface area contributed by atoms with Crippen molar-refractivity contribution < 1.29 is 9.53 Å². The molecule has 0 bridgehead atoms. The first-order chi connectivity index (χ1) is 16.5. The molecule has 0 unspecified atom stereocenters. The lowest BCUT2D eigenvalue weighted by Gasteiger charge is -2.09. The van der Waals surface area contributed by atoms with Gasteiger partial charge in [-0.15, -0.1) is 10.2 Å². The van der Waals surface area contributed by atoms with Crippen molar-refractivity contribution in [1.82, 2.24) is 23.9 Å². The first kappa shape index (κ1) is 23.6. The Labute approximate surface area is 201 Å². The highest BCUT2D eigenvalue weighted by molar-refractivity contribution is 7.99. The first-order valence-electron chi connectivity index (χ1n) is 11.2. The van der Waals surface area contributed by atoms with Gasteiger partial charge in [-0.3, -0.25) is 13.9 Å². The number of carbonyl (C=O) groups excluding carboxylic acids is 1. The minimum Gasteiger partial charge on any atom is -0.497 e. The van der Waals surface area contributed by atoms with E-state index < -0.39 is 0 Å². The molecular formula is C24H28N6O3S. The highest BCUT2D eigenvalue weighted by Crippen LogP contribution is 2.26. The van der Waals surface area contributed by atoms with Crippen LogP contribution in [-0.4, -0.2) is 42.7 Å². The summed E-state index contributed by atoms with van der Waals surface area (Å²) in [7, 11) is 1.63. The van der Waals surface area contributed by atoms with Crippen molar-refractivity contribution in [2.45, 2.75) is 45.6 Å². The highest BCUT2D eigenvalue weighted by atomic mass is 32.2. The van der Waals surface area contributed by atoms with Gasteiger partial charge in [0.2, 0.25) is 5.91 Å². The average Bonchev–Trinajstić information content (AvgIpc) is 3.39. The van der Waals surface area contributed by atoms with Crippen molar-refractivity contribution in [3.8, 4) is 17.1 Å². The number of fused-ring (bicyclic) bond motifs is 1. The van der Waals surface area contributed by atoms with Crippen molar-refractivity contribution in [3.63, 3.8) is 0 Å². The maximum Gasteiger partial charge on any atom is 0.329 e. The summed E-state index contributed by atoms with van der Waals surface area (Å²) in [5.74, 6) is 1.56. The Morgan fingerprint density at radius 1 is 0.941 bits per heavy atom. The quantitative estimate of drug-likeness (QED) is 0.366. The number of carbonyl (C=O) groups is 1. The number of amides is 1. The smallest absolute Gasteiger partial charge is 0.329 e. The molecule has 2 aromatic heterocycles. The van der Waals surface area contributed by atoms with E-state index in [0.29, 0.717) is 30.5 Å². The van der Waals surface area contributed by atoms with Crippen LogP contribution in [0.3, 0.4) is 0 Å². The van der Waals surface area contributed by atoms with Gasteiger partial charge in [0.25, 0.3) is 0 Å². The second kappa shape index (κ2) is 10.2. The molecule has 4 aromatic rings. The van der Waals surface area contributed by atoms with Crippen LogP contribution in [0.15, 0.2) is 52.4 Å². The maximum absolute atomic E-state index is 12.7. The molecule has 0 aliphatic rings. The minimum absolute atomic E-state index is 0.0365. The summed E-state index contributed by atoms with van der Waals surface area (Å²) in [6, 6.07) is 13.2. The first-order valence-corrected chi connectivity index (χ1v) is 12.2. The molecule has 2 heterocycles. The van der Waals surface area contributed by atoms with E-state index in [0.717, 1.165) is 28.2 Å². The van der Waals surface area contributed by atoms with Crippen LogP contribution in [0.5, 0.6) is 5.75 Å². The Balaban J connectivity index is 1.47. The molecule has 0 atom stereocenters. The molecule has 0 spiro atoms. The van der Waals surface area contributed by atoms with Crippen molar-refractivity contribution in [2.24, 2.45) is 0 Å². The topological polar surface area (TPSA) is 96.0 Å². The van der Waals surface area contributed by atoms with Crippen LogP contribution in [0, 0.1) is 0 Å². The lowest BCUT2D eigenvalue weighted by molar-refractivity contribution is -0.113. The van der Waals surface area contributed by atoms with E-state index in [1.54, 1.807) is 16.2 Å². The molecule has 0 radical (unpaired) electrons. The van der Waals surface area contributed by atoms with Gasteiger partial charge in [0, 0.05) is 30.9 Å². The predicted molar refractivity (Wildman–Crippen MR) is 135 cm³/mol. The number of thioether (sulfide) groups is 1. The number of rotatable bonds is 9. The molecule has 0 aliphatic carbocycles. The second-order valence-corrected chi connectivity index (χ2v) is 8.53. The molecule has 1 amide bonds. The van der Waals surface area contributed by atoms with Crippen LogP contribution in [0.1, 0.15) is 20.8 Å². The SMILES string of the molecule is CCn1c(SCC(=O)Nc2ccc3c(c2)n(CC)c(=O)n3CC)nnc1-c1ccc(OC)cc1. The fourth-order valence-corrected chi connectivity index (χ4v) is 4.77. The third kappa shape index (κ3) is 4.45. The molecule has 0 saturated heterocycles. The minimum atomic E-state index is -0.152. The molecule has 2 aromatic carbocycles. The third-order valence-corrected chi connectivity index (χ3v) is 6.62. The van der Waals surface area contributed by atoms with Crippen LogP contribution in [0.25, 0.3) is 22.4 Å². The van der Waals surface area contributed by atoms with Gasteiger partial charge in [-0.25, -0.2) is 4.79 Å². The lowest BCUT2D eigenvalue weighted by Crippen LogP contribution is -2.23. The Bertz CT molecular complexity index is 1370. The Morgan fingerprint density at radius 3 is 2.26 bits per heavy atom. The number of hydrogen-bond acceptors (Lipinski definition) is 6. The van der Waals surface area contributed by atoms with E-state index in [-0.39, 0.29) is 17.3 Å². The summed E-state index contributed by atoms with van der Waals surface area (Å²) in [5.41, 5.74) is 3.23. The van der Waals surface area contributed by atoms with Gasteiger partial charge < -0.3 is 14.6 Å². The molecule has 1 N–H and O–H groups in total. The van der Waals surface area contributed by atoms with Crippen molar-refractivity contribution in [2.75, 3.05) is 18.2 Å². The van der Waals surface area contributed by atoms with Crippen LogP contribution >= 0.6 is 11.8 Å². The van der Waals surface area contributed by atoms with Crippen LogP contribution < -0.4 is 15.7 Å². The standard InChI is InChI=1S/C24H28N6O3S/c1-5-28-19-13-10-17(14-20(19)29(6-2)24(28)32)25-21(31)15-34-23-27-26-22(30(23)7-3)16-8-11-18(33-4)12-9-16/h8-14H,5-7,15H2,1-4H3,(H,25,31). The van der Waals surface area contributed by atoms with Gasteiger partial charge in [0.05, 0.1) is 23.9 Å². The molecule has 9 nitrogen and oxygen atoms in total. The Morgan fingerprint density at radius 2 is 1.62 bits per heavy atom. The Hall–Kier alpha value is -3.53. The van der Waals surface area contributed by atoms with Crippen molar-refractivity contribution in [3.05, 3.63) is 52.9 Å². The highest BCUT2D eigenvalue weighted by Gasteiger charge is 2.16. The van der Waals surface area contributed by atoms with E-state index in [4.69, 9.17) is 4.74 Å². The van der Waals surface area contributed by atoms with Crippen LogP contribution in [-0.2, 0) is 24.4 Å². The van der Waals surface area contributed by atoms with Gasteiger partial charge >= 0.3 is 5.69 Å². The van der Waals surface area contributed by atoms with Crippen LogP contribution in [0.2, 0.25) is 0 Å². The number of aryl methyl sites for hydroxylation is 2. The number of hydrogen-bond donors (Lipinski definition) is 1. The van der Waals surface area contributed by atoms with E-state index in [9.17, 15) is 9.59 Å². The predicted octanol–water partition coefficient (Wildman–Crippen LogP) is 3.86. The van der Waals surface area contributed by atoms with Gasteiger partial charge in [-0.2, -0.15) is 0 Å². The molecular weight excluding hydrogens is 452 g/mol.